The topological polar surface area (TPSA) is 84.5 Å². The molecular formula is C19H15BrClF3N2O4. The molecule has 160 valence electrons. The minimum absolute atomic E-state index is 0.00463. The summed E-state index contributed by atoms with van der Waals surface area (Å²) in [6.07, 6.45) is -3.58. The van der Waals surface area contributed by atoms with E-state index in [1.165, 1.54) is 0 Å². The average molecular weight is 508 g/mol. The Labute approximate surface area is 183 Å². The van der Waals surface area contributed by atoms with Crippen LogP contribution in [-0.2, 0) is 27.2 Å². The third kappa shape index (κ3) is 5.56. The van der Waals surface area contributed by atoms with E-state index in [1.54, 1.807) is 31.2 Å². The molecule has 1 aromatic heterocycles. The van der Waals surface area contributed by atoms with Crippen molar-refractivity contribution < 1.29 is 32.5 Å². The number of nitrogens with zero attached hydrogens (tertiary/aromatic N) is 2. The highest BCUT2D eigenvalue weighted by Crippen LogP contribution is 2.43. The van der Waals surface area contributed by atoms with Gasteiger partial charge in [-0.2, -0.15) is 18.4 Å². The van der Waals surface area contributed by atoms with Gasteiger partial charge in [0.1, 0.15) is 30.9 Å². The summed E-state index contributed by atoms with van der Waals surface area (Å²) >= 11 is 8.73. The fraction of sp³-hybridized carbons (Fsp3) is 0.263. The molecule has 3 rings (SSSR count). The van der Waals surface area contributed by atoms with Crippen LogP contribution in [0.15, 0.2) is 40.6 Å². The molecule has 0 atom stereocenters. The van der Waals surface area contributed by atoms with Crippen LogP contribution in [0.25, 0.3) is 11.3 Å². The predicted molar refractivity (Wildman–Crippen MR) is 106 cm³/mol. The van der Waals surface area contributed by atoms with Gasteiger partial charge >= 0.3 is 12.1 Å². The minimum atomic E-state index is -4.63. The van der Waals surface area contributed by atoms with Crippen molar-refractivity contribution in [1.82, 2.24) is 4.57 Å². The van der Waals surface area contributed by atoms with Gasteiger partial charge in [-0.15, -0.1) is 0 Å². The number of nitriles is 1. The number of hydrogen-bond donors (Lipinski definition) is 1. The van der Waals surface area contributed by atoms with Gasteiger partial charge < -0.3 is 19.1 Å². The molecule has 30 heavy (non-hydrogen) atoms. The van der Waals surface area contributed by atoms with E-state index in [4.69, 9.17) is 21.4 Å². The fourth-order valence-electron chi connectivity index (χ4n) is 2.55. The summed E-state index contributed by atoms with van der Waals surface area (Å²) in [7, 11) is 0. The molecule has 0 radical (unpaired) electrons. The molecule has 11 heteroatoms. The first-order chi connectivity index (χ1) is 14.1. The van der Waals surface area contributed by atoms with Crippen molar-refractivity contribution in [2.24, 2.45) is 0 Å². The number of benzene rings is 1. The summed E-state index contributed by atoms with van der Waals surface area (Å²) in [5.74, 6) is -0.456. The van der Waals surface area contributed by atoms with E-state index in [1.807, 2.05) is 6.07 Å². The lowest BCUT2D eigenvalue weighted by molar-refractivity contribution is -0.146. The molecule has 0 unspecified atom stereocenters. The Hall–Kier alpha value is -2.48. The lowest BCUT2D eigenvalue weighted by atomic mass is 10.1. The summed E-state index contributed by atoms with van der Waals surface area (Å²) in [6, 6.07) is 8.06. The fourth-order valence-corrected chi connectivity index (χ4v) is 3.39. The molecule has 2 heterocycles. The van der Waals surface area contributed by atoms with Crippen molar-refractivity contribution in [2.75, 3.05) is 13.2 Å². The number of aromatic nitrogens is 1. The van der Waals surface area contributed by atoms with Crippen LogP contribution in [0.1, 0.15) is 18.2 Å². The highest BCUT2D eigenvalue weighted by atomic mass is 79.9. The first kappa shape index (κ1) is 23.8. The number of esters is 1. The van der Waals surface area contributed by atoms with Crippen LogP contribution in [0.5, 0.6) is 0 Å². The molecule has 0 bridgehead atoms. The summed E-state index contributed by atoms with van der Waals surface area (Å²) in [5.41, 5.74) is -0.467. The second-order valence-electron chi connectivity index (χ2n) is 5.80. The number of carbonyl (C=O) groups excluding carboxylic acids is 1. The Morgan fingerprint density at radius 1 is 1.37 bits per heavy atom. The molecule has 1 aromatic carbocycles. The molecule has 1 N–H and O–H groups in total. The van der Waals surface area contributed by atoms with Crippen molar-refractivity contribution in [3.63, 3.8) is 0 Å². The van der Waals surface area contributed by atoms with Crippen LogP contribution in [0.4, 0.5) is 13.2 Å². The third-order valence-electron chi connectivity index (χ3n) is 3.77. The Morgan fingerprint density at radius 3 is 2.40 bits per heavy atom. The maximum absolute atomic E-state index is 13.4. The quantitative estimate of drug-likeness (QED) is 0.557. The van der Waals surface area contributed by atoms with E-state index < -0.39 is 17.8 Å². The Morgan fingerprint density at radius 2 is 2.00 bits per heavy atom. The number of cyclic esters (lactones) is 1. The Bertz CT molecular complexity index is 995. The van der Waals surface area contributed by atoms with Gasteiger partial charge in [0.2, 0.25) is 0 Å². The zero-order chi connectivity index (χ0) is 22.5. The molecule has 0 amide bonds. The number of aliphatic hydroxyl groups is 1. The van der Waals surface area contributed by atoms with Gasteiger partial charge in [0.15, 0.2) is 0 Å². The standard InChI is InChI=1S/C15H11BrClF3N2O.C4H4O3/c1-2-23-8-22-13(9-3-5-10(17)6-4-9)11(7-21)12(16)14(22)15(18,19)20;5-3-1-4(6)7-2-3/h3-6H,2,8H2,1H3;1,5H,2H2. The van der Waals surface area contributed by atoms with E-state index >= 15 is 0 Å². The summed E-state index contributed by atoms with van der Waals surface area (Å²) < 4.78 is 50.3. The maximum atomic E-state index is 13.4. The number of aliphatic hydroxyl groups excluding tert-OH is 1. The Balaban J connectivity index is 0.000000386. The van der Waals surface area contributed by atoms with Gasteiger partial charge in [-0.25, -0.2) is 4.79 Å². The SMILES string of the molecule is CCOCn1c(-c2ccc(Cl)cc2)c(C#N)c(Br)c1C(F)(F)F.O=C1C=C(O)CO1. The van der Waals surface area contributed by atoms with E-state index in [0.717, 1.165) is 10.6 Å². The van der Waals surface area contributed by atoms with E-state index in [9.17, 15) is 23.2 Å². The van der Waals surface area contributed by atoms with Gasteiger partial charge in [0.25, 0.3) is 0 Å². The van der Waals surface area contributed by atoms with Crippen LogP contribution in [0, 0.1) is 11.3 Å². The van der Waals surface area contributed by atoms with Crippen molar-refractivity contribution in [2.45, 2.75) is 19.8 Å². The van der Waals surface area contributed by atoms with Gasteiger partial charge in [-0.05, 0) is 40.5 Å². The van der Waals surface area contributed by atoms with Crippen molar-refractivity contribution in [1.29, 1.82) is 5.26 Å². The Kier molecular flexibility index (Phi) is 7.95. The summed E-state index contributed by atoms with van der Waals surface area (Å²) in [6.45, 7) is 1.65. The van der Waals surface area contributed by atoms with Gasteiger partial charge in [0, 0.05) is 11.6 Å². The third-order valence-corrected chi connectivity index (χ3v) is 4.80. The maximum Gasteiger partial charge on any atom is 0.432 e. The highest BCUT2D eigenvalue weighted by Gasteiger charge is 2.40. The molecule has 0 saturated heterocycles. The van der Waals surface area contributed by atoms with Crippen LogP contribution >= 0.6 is 27.5 Å². The van der Waals surface area contributed by atoms with Crippen molar-refractivity contribution in [3.8, 4) is 17.3 Å². The van der Waals surface area contributed by atoms with Crippen LogP contribution in [0.3, 0.4) is 0 Å². The van der Waals surface area contributed by atoms with Gasteiger partial charge in [-0.1, -0.05) is 23.7 Å². The number of halogens is 5. The van der Waals surface area contributed by atoms with Crippen LogP contribution in [0.2, 0.25) is 5.02 Å². The second-order valence-corrected chi connectivity index (χ2v) is 7.03. The number of hydrogen-bond acceptors (Lipinski definition) is 5. The molecule has 1 aliphatic rings. The lowest BCUT2D eigenvalue weighted by Gasteiger charge is -2.15. The van der Waals surface area contributed by atoms with Crippen LogP contribution < -0.4 is 0 Å². The molecule has 2 aromatic rings. The molecule has 0 aliphatic carbocycles. The molecular weight excluding hydrogens is 493 g/mol. The zero-order valence-electron chi connectivity index (χ0n) is 15.5. The van der Waals surface area contributed by atoms with E-state index in [0.29, 0.717) is 10.6 Å². The normalized spacial score (nSPS) is 13.2. The highest BCUT2D eigenvalue weighted by molar-refractivity contribution is 9.10. The zero-order valence-corrected chi connectivity index (χ0v) is 17.8. The summed E-state index contributed by atoms with van der Waals surface area (Å²) in [4.78, 5) is 9.99. The predicted octanol–water partition coefficient (Wildman–Crippen LogP) is 5.44. The monoisotopic (exact) mass is 506 g/mol. The number of alkyl halides is 3. The lowest BCUT2D eigenvalue weighted by Crippen LogP contribution is -2.16. The van der Waals surface area contributed by atoms with Crippen LogP contribution in [-0.4, -0.2) is 28.9 Å². The van der Waals surface area contributed by atoms with E-state index in [-0.39, 0.29) is 41.4 Å². The first-order valence-corrected chi connectivity index (χ1v) is 9.56. The summed E-state index contributed by atoms with van der Waals surface area (Å²) in [5, 5.41) is 18.2. The van der Waals surface area contributed by atoms with Crippen molar-refractivity contribution >= 4 is 33.5 Å². The average Bonchev–Trinajstić information content (AvgIpc) is 3.19. The van der Waals surface area contributed by atoms with Gasteiger partial charge in [-0.3, -0.25) is 0 Å². The largest absolute Gasteiger partial charge is 0.508 e. The van der Waals surface area contributed by atoms with Crippen molar-refractivity contribution in [3.05, 3.63) is 56.9 Å². The smallest absolute Gasteiger partial charge is 0.432 e. The number of ether oxygens (including phenoxy) is 2. The molecule has 1 aliphatic heterocycles. The molecule has 0 fully saturated rings. The molecule has 0 spiro atoms. The van der Waals surface area contributed by atoms with Gasteiger partial charge in [0.05, 0.1) is 21.8 Å². The van der Waals surface area contributed by atoms with E-state index in [2.05, 4.69) is 20.7 Å². The first-order valence-electron chi connectivity index (χ1n) is 8.39. The molecule has 0 saturated carbocycles. The number of rotatable bonds is 4. The number of carbonyl (C=O) groups is 1. The molecule has 6 nitrogen and oxygen atoms in total. The second kappa shape index (κ2) is 10.0. The minimum Gasteiger partial charge on any atom is -0.508 e.